The van der Waals surface area contributed by atoms with Crippen LogP contribution < -0.4 is 4.90 Å². The topological polar surface area (TPSA) is 8.17 Å². The number of rotatable bonds is 8. The van der Waals surface area contributed by atoms with E-state index in [1.165, 1.54) is 158 Å². The molecule has 0 N–H and O–H groups in total. The molecule has 3 fully saturated rings. The van der Waals surface area contributed by atoms with Crippen molar-refractivity contribution in [2.24, 2.45) is 11.8 Å². The van der Waals surface area contributed by atoms with Crippen molar-refractivity contribution in [2.45, 2.75) is 88.9 Å². The van der Waals surface area contributed by atoms with Gasteiger partial charge in [0.15, 0.2) is 0 Å². The quantitative estimate of drug-likeness (QED) is 0.148. The summed E-state index contributed by atoms with van der Waals surface area (Å²) >= 11 is 0. The van der Waals surface area contributed by atoms with Crippen molar-refractivity contribution in [1.29, 1.82) is 0 Å². The van der Waals surface area contributed by atoms with Gasteiger partial charge in [-0.25, -0.2) is 0 Å². The zero-order valence-electron chi connectivity index (χ0n) is 38.4. The molecular weight excluding hydrogens is 797 g/mol. The van der Waals surface area contributed by atoms with Gasteiger partial charge in [-0.1, -0.05) is 167 Å². The Balaban J connectivity index is 1.04. The Hall–Kier alpha value is -6.64. The van der Waals surface area contributed by atoms with Crippen LogP contribution in [0.3, 0.4) is 0 Å². The monoisotopic (exact) mass is 854 g/mol. The number of hydrogen-bond donors (Lipinski definition) is 0. The molecule has 9 aromatic rings. The number of aromatic nitrogens is 1. The van der Waals surface area contributed by atoms with Crippen molar-refractivity contribution in [3.63, 3.8) is 0 Å². The molecule has 8 aromatic carbocycles. The first-order valence-corrected chi connectivity index (χ1v) is 25.0. The van der Waals surface area contributed by atoms with Gasteiger partial charge in [-0.3, -0.25) is 0 Å². The summed E-state index contributed by atoms with van der Waals surface area (Å²) in [5.74, 6) is 3.15. The van der Waals surface area contributed by atoms with E-state index in [1.54, 1.807) is 0 Å². The summed E-state index contributed by atoms with van der Waals surface area (Å²) in [5, 5.41) is 2.60. The lowest BCUT2D eigenvalue weighted by atomic mass is 9.80. The predicted octanol–water partition coefficient (Wildman–Crippen LogP) is 17.8. The Kier molecular flexibility index (Phi) is 9.48. The van der Waals surface area contributed by atoms with Gasteiger partial charge in [-0.15, -0.1) is 0 Å². The van der Waals surface area contributed by atoms with Crippen LogP contribution in [0.1, 0.15) is 106 Å². The van der Waals surface area contributed by atoms with Crippen LogP contribution in [0.5, 0.6) is 0 Å². The molecule has 0 spiro atoms. The zero-order chi connectivity index (χ0) is 43.9. The molecular formula is C64H58N2. The van der Waals surface area contributed by atoms with Gasteiger partial charge < -0.3 is 9.47 Å². The van der Waals surface area contributed by atoms with Crippen molar-refractivity contribution < 1.29 is 0 Å². The molecule has 0 radical (unpaired) electrons. The standard InChI is InChI=1S/C64H58N2/c1-64(2)58-41-52(65(50-32-28-44(29-33-50)43-16-7-3-8-17-43)51-34-30-47(31-35-51)56-39-42-26-27-48(56)38-42)40-57(46-20-11-5-12-21-46)60(58)54-36-37-55-61-53(45-18-9-4-10-19-45)24-15-25-59(61)66(63(55)62(54)64)49-22-13-6-14-23-49/h4-6,9-15,18-25,28-37,40-43,48,56H,3,7-8,16-17,26-27,38-39H2,1-2H3. The van der Waals surface area contributed by atoms with Crippen molar-refractivity contribution in [3.8, 4) is 39.1 Å². The minimum Gasteiger partial charge on any atom is -0.310 e. The third-order valence-corrected chi connectivity index (χ3v) is 16.6. The molecule has 66 heavy (non-hydrogen) atoms. The van der Waals surface area contributed by atoms with E-state index in [0.29, 0.717) is 11.8 Å². The molecule has 2 bridgehead atoms. The number of hydrogen-bond acceptors (Lipinski definition) is 1. The van der Waals surface area contributed by atoms with Gasteiger partial charge in [0.05, 0.1) is 11.0 Å². The van der Waals surface area contributed by atoms with E-state index in [2.05, 4.69) is 205 Å². The predicted molar refractivity (Wildman–Crippen MR) is 278 cm³/mol. The van der Waals surface area contributed by atoms with Gasteiger partial charge >= 0.3 is 0 Å². The zero-order valence-corrected chi connectivity index (χ0v) is 38.4. The van der Waals surface area contributed by atoms with E-state index in [1.807, 2.05) is 0 Å². The lowest BCUT2D eigenvalue weighted by Gasteiger charge is -2.30. The molecule has 0 aliphatic heterocycles. The Morgan fingerprint density at radius 3 is 1.82 bits per heavy atom. The minimum atomic E-state index is -0.334. The molecule has 4 aliphatic carbocycles. The van der Waals surface area contributed by atoms with Crippen LogP contribution in [-0.4, -0.2) is 4.57 Å². The maximum absolute atomic E-state index is 2.56. The minimum absolute atomic E-state index is 0.334. The van der Waals surface area contributed by atoms with Gasteiger partial charge in [-0.2, -0.15) is 0 Å². The SMILES string of the molecule is CC1(C)c2cc(N(c3ccc(C4CCCCC4)cc3)c3ccc(C4CC5CCC4C5)cc3)cc(-c3ccccc3)c2-c2ccc3c4c(-c5ccccc5)cccc4n(-c4ccccc4)c3c21. The average Bonchev–Trinajstić information content (AvgIpc) is 4.16. The maximum atomic E-state index is 2.56. The fourth-order valence-corrected chi connectivity index (χ4v) is 13.5. The summed E-state index contributed by atoms with van der Waals surface area (Å²) in [4.78, 5) is 2.56. The number of nitrogens with zero attached hydrogens (tertiary/aromatic N) is 2. The van der Waals surface area contributed by atoms with Crippen molar-refractivity contribution in [2.75, 3.05) is 4.90 Å². The van der Waals surface area contributed by atoms with E-state index in [0.717, 1.165) is 11.8 Å². The average molecular weight is 855 g/mol. The Bertz CT molecular complexity index is 3240. The summed E-state index contributed by atoms with van der Waals surface area (Å²) in [6.45, 7) is 4.96. The molecule has 3 unspecified atom stereocenters. The lowest BCUT2D eigenvalue weighted by molar-refractivity contribution is 0.420. The lowest BCUT2D eigenvalue weighted by Crippen LogP contribution is -2.18. The third kappa shape index (κ3) is 6.35. The number of anilines is 3. The number of para-hydroxylation sites is 1. The summed E-state index contributed by atoms with van der Waals surface area (Å²) < 4.78 is 2.56. The van der Waals surface area contributed by atoms with Crippen LogP contribution in [0.4, 0.5) is 17.1 Å². The highest BCUT2D eigenvalue weighted by Crippen LogP contribution is 2.58. The van der Waals surface area contributed by atoms with Crippen LogP contribution in [0, 0.1) is 11.8 Å². The first-order chi connectivity index (χ1) is 32.5. The van der Waals surface area contributed by atoms with Gasteiger partial charge in [0.25, 0.3) is 0 Å². The van der Waals surface area contributed by atoms with E-state index in [4.69, 9.17) is 0 Å². The van der Waals surface area contributed by atoms with Crippen LogP contribution >= 0.6 is 0 Å². The van der Waals surface area contributed by atoms with E-state index in [-0.39, 0.29) is 5.41 Å². The molecule has 2 nitrogen and oxygen atoms in total. The van der Waals surface area contributed by atoms with E-state index < -0.39 is 0 Å². The Morgan fingerprint density at radius 1 is 0.515 bits per heavy atom. The van der Waals surface area contributed by atoms with Crippen LogP contribution in [0.2, 0.25) is 0 Å². The fraction of sp³-hybridized carbons (Fsp3) is 0.250. The largest absolute Gasteiger partial charge is 0.310 e. The molecule has 3 saturated carbocycles. The van der Waals surface area contributed by atoms with Gasteiger partial charge in [0.1, 0.15) is 0 Å². The molecule has 0 saturated heterocycles. The van der Waals surface area contributed by atoms with Gasteiger partial charge in [0, 0.05) is 38.9 Å². The summed E-state index contributed by atoms with van der Waals surface area (Å²) in [5.41, 5.74) is 20.5. The highest BCUT2D eigenvalue weighted by atomic mass is 15.1. The van der Waals surface area contributed by atoms with Crippen LogP contribution in [0.25, 0.3) is 60.9 Å². The van der Waals surface area contributed by atoms with Crippen molar-refractivity contribution >= 4 is 38.9 Å². The van der Waals surface area contributed by atoms with Crippen molar-refractivity contribution in [1.82, 2.24) is 4.57 Å². The molecule has 2 heteroatoms. The molecule has 0 amide bonds. The second-order valence-corrected chi connectivity index (χ2v) is 20.7. The van der Waals surface area contributed by atoms with Gasteiger partial charge in [-0.05, 0) is 166 Å². The van der Waals surface area contributed by atoms with Crippen LogP contribution in [-0.2, 0) is 5.41 Å². The number of fused-ring (bicyclic) bond motifs is 9. The summed E-state index contributed by atoms with van der Waals surface area (Å²) in [6, 6.07) is 69.4. The normalized spacial score (nSPS) is 19.6. The molecule has 324 valence electrons. The molecule has 1 aromatic heterocycles. The maximum Gasteiger partial charge on any atom is 0.0588 e. The second kappa shape index (κ2) is 15.8. The third-order valence-electron chi connectivity index (χ3n) is 16.6. The first-order valence-electron chi connectivity index (χ1n) is 25.0. The fourth-order valence-electron chi connectivity index (χ4n) is 13.5. The smallest absolute Gasteiger partial charge is 0.0588 e. The molecule has 3 atom stereocenters. The molecule has 1 heterocycles. The second-order valence-electron chi connectivity index (χ2n) is 20.7. The Labute approximate surface area is 390 Å². The number of benzene rings is 8. The highest BCUT2D eigenvalue weighted by Gasteiger charge is 2.42. The van der Waals surface area contributed by atoms with Crippen LogP contribution in [0.15, 0.2) is 182 Å². The van der Waals surface area contributed by atoms with Crippen molar-refractivity contribution in [3.05, 3.63) is 204 Å². The van der Waals surface area contributed by atoms with Gasteiger partial charge in [0.2, 0.25) is 0 Å². The van der Waals surface area contributed by atoms with E-state index >= 15 is 0 Å². The Morgan fingerprint density at radius 2 is 1.17 bits per heavy atom. The molecule has 13 rings (SSSR count). The molecule has 4 aliphatic rings. The highest BCUT2D eigenvalue weighted by molar-refractivity contribution is 6.18. The van der Waals surface area contributed by atoms with E-state index in [9.17, 15) is 0 Å². The first kappa shape index (κ1) is 39.7. The summed E-state index contributed by atoms with van der Waals surface area (Å²) in [6.07, 6.45) is 12.3. The summed E-state index contributed by atoms with van der Waals surface area (Å²) in [7, 11) is 0.